The van der Waals surface area contributed by atoms with E-state index in [0.717, 1.165) is 5.56 Å². The standard InChI is InChI=1S/C18H20N2O2S/c1-13(21)15-6-8-16(9-7-15)19-18(22)20(2)12-14-4-10-17(23-3)11-5-14/h4-11H,12H2,1-3H3,(H,19,22). The highest BCUT2D eigenvalue weighted by atomic mass is 32.2. The van der Waals surface area contributed by atoms with Crippen LogP contribution in [0.1, 0.15) is 22.8 Å². The zero-order chi connectivity index (χ0) is 16.8. The number of thioether (sulfide) groups is 1. The molecule has 0 aromatic heterocycles. The van der Waals surface area contributed by atoms with Crippen molar-refractivity contribution in [3.05, 3.63) is 59.7 Å². The van der Waals surface area contributed by atoms with E-state index in [1.54, 1.807) is 48.0 Å². The van der Waals surface area contributed by atoms with Gasteiger partial charge in [0.05, 0.1) is 0 Å². The first-order chi connectivity index (χ1) is 11.0. The molecule has 5 heteroatoms. The first-order valence-electron chi connectivity index (χ1n) is 7.25. The second kappa shape index (κ2) is 7.83. The van der Waals surface area contributed by atoms with E-state index in [-0.39, 0.29) is 11.8 Å². The second-order valence-corrected chi connectivity index (χ2v) is 6.15. The molecule has 0 unspecified atom stereocenters. The number of carbonyl (C=O) groups is 2. The molecule has 2 aromatic rings. The fourth-order valence-corrected chi connectivity index (χ4v) is 2.49. The number of hydrogen-bond acceptors (Lipinski definition) is 3. The number of carbonyl (C=O) groups excluding carboxylic acids is 2. The maximum absolute atomic E-state index is 12.2. The van der Waals surface area contributed by atoms with Gasteiger partial charge >= 0.3 is 6.03 Å². The summed E-state index contributed by atoms with van der Waals surface area (Å²) < 4.78 is 0. The Labute approximate surface area is 140 Å². The Balaban J connectivity index is 1.94. The average molecular weight is 328 g/mol. The van der Waals surface area contributed by atoms with Crippen LogP contribution in [0.5, 0.6) is 0 Å². The molecule has 2 aromatic carbocycles. The third-order valence-electron chi connectivity index (χ3n) is 3.47. The van der Waals surface area contributed by atoms with Crippen molar-refractivity contribution in [3.8, 4) is 0 Å². The van der Waals surface area contributed by atoms with Gasteiger partial charge in [-0.25, -0.2) is 4.79 Å². The van der Waals surface area contributed by atoms with Crippen molar-refractivity contribution >= 4 is 29.3 Å². The van der Waals surface area contributed by atoms with Crippen LogP contribution in [0.25, 0.3) is 0 Å². The lowest BCUT2D eigenvalue weighted by molar-refractivity contribution is 0.101. The molecule has 0 bridgehead atoms. The summed E-state index contributed by atoms with van der Waals surface area (Å²) in [7, 11) is 1.75. The predicted octanol–water partition coefficient (Wildman–Crippen LogP) is 4.28. The molecule has 120 valence electrons. The molecular formula is C18H20N2O2S. The van der Waals surface area contributed by atoms with E-state index in [4.69, 9.17) is 0 Å². The van der Waals surface area contributed by atoms with Gasteiger partial charge < -0.3 is 10.2 Å². The van der Waals surface area contributed by atoms with Gasteiger partial charge in [-0.3, -0.25) is 4.79 Å². The summed E-state index contributed by atoms with van der Waals surface area (Å²) in [4.78, 5) is 26.3. The summed E-state index contributed by atoms with van der Waals surface area (Å²) >= 11 is 1.69. The number of amides is 2. The molecule has 0 spiro atoms. The van der Waals surface area contributed by atoms with Crippen LogP contribution >= 0.6 is 11.8 Å². The molecule has 23 heavy (non-hydrogen) atoms. The van der Waals surface area contributed by atoms with E-state index >= 15 is 0 Å². The first kappa shape index (κ1) is 17.1. The summed E-state index contributed by atoms with van der Waals surface area (Å²) in [5, 5.41) is 2.82. The van der Waals surface area contributed by atoms with E-state index in [0.29, 0.717) is 17.8 Å². The van der Waals surface area contributed by atoms with Crippen molar-refractivity contribution in [2.45, 2.75) is 18.4 Å². The van der Waals surface area contributed by atoms with Crippen molar-refractivity contribution in [2.75, 3.05) is 18.6 Å². The summed E-state index contributed by atoms with van der Waals surface area (Å²) in [6, 6.07) is 14.8. The number of nitrogens with one attached hydrogen (secondary N) is 1. The van der Waals surface area contributed by atoms with Gasteiger partial charge in [-0.15, -0.1) is 11.8 Å². The molecule has 2 amide bonds. The Morgan fingerprint density at radius 3 is 2.17 bits per heavy atom. The molecule has 0 aliphatic rings. The monoisotopic (exact) mass is 328 g/mol. The summed E-state index contributed by atoms with van der Waals surface area (Å²) in [5.74, 6) is 0.00804. The molecule has 0 saturated carbocycles. The highest BCUT2D eigenvalue weighted by Crippen LogP contribution is 2.16. The van der Waals surface area contributed by atoms with Crippen LogP contribution in [0.4, 0.5) is 10.5 Å². The fourth-order valence-electron chi connectivity index (χ4n) is 2.08. The maximum Gasteiger partial charge on any atom is 0.321 e. The van der Waals surface area contributed by atoms with Crippen molar-refractivity contribution in [1.82, 2.24) is 4.90 Å². The Kier molecular flexibility index (Phi) is 5.82. The minimum Gasteiger partial charge on any atom is -0.323 e. The quantitative estimate of drug-likeness (QED) is 0.658. The van der Waals surface area contributed by atoms with Gasteiger partial charge in [0.1, 0.15) is 0 Å². The van der Waals surface area contributed by atoms with Crippen LogP contribution in [0.2, 0.25) is 0 Å². The maximum atomic E-state index is 12.2. The van der Waals surface area contributed by atoms with E-state index < -0.39 is 0 Å². The number of Topliss-reactive ketones (excluding diaryl/α,β-unsaturated/α-hetero) is 1. The molecule has 0 aliphatic carbocycles. The van der Waals surface area contributed by atoms with Gasteiger partial charge in [0.15, 0.2) is 5.78 Å². The van der Waals surface area contributed by atoms with Crippen molar-refractivity contribution in [2.24, 2.45) is 0 Å². The van der Waals surface area contributed by atoms with Crippen LogP contribution in [0, 0.1) is 0 Å². The van der Waals surface area contributed by atoms with Crippen molar-refractivity contribution in [1.29, 1.82) is 0 Å². The van der Waals surface area contributed by atoms with Gasteiger partial charge in [-0.1, -0.05) is 12.1 Å². The van der Waals surface area contributed by atoms with Gasteiger partial charge in [0.2, 0.25) is 0 Å². The molecule has 0 heterocycles. The third kappa shape index (κ3) is 4.86. The van der Waals surface area contributed by atoms with Crippen LogP contribution in [0.3, 0.4) is 0 Å². The highest BCUT2D eigenvalue weighted by molar-refractivity contribution is 7.98. The number of ketones is 1. The van der Waals surface area contributed by atoms with Gasteiger partial charge in [-0.05, 0) is 55.1 Å². The number of hydrogen-bond donors (Lipinski definition) is 1. The normalized spacial score (nSPS) is 10.2. The molecule has 4 nitrogen and oxygen atoms in total. The molecule has 2 rings (SSSR count). The van der Waals surface area contributed by atoms with Gasteiger partial charge in [0.25, 0.3) is 0 Å². The molecule has 0 fully saturated rings. The zero-order valence-corrected chi connectivity index (χ0v) is 14.3. The van der Waals surface area contributed by atoms with Crippen molar-refractivity contribution < 1.29 is 9.59 Å². The smallest absolute Gasteiger partial charge is 0.321 e. The summed E-state index contributed by atoms with van der Waals surface area (Å²) in [6.07, 6.45) is 2.03. The number of rotatable bonds is 5. The Morgan fingerprint density at radius 2 is 1.65 bits per heavy atom. The molecule has 0 radical (unpaired) electrons. The Hall–Kier alpha value is -2.27. The van der Waals surface area contributed by atoms with E-state index in [1.165, 1.54) is 11.8 Å². The minimum atomic E-state index is -0.186. The lowest BCUT2D eigenvalue weighted by atomic mass is 10.1. The lowest BCUT2D eigenvalue weighted by Gasteiger charge is -2.18. The van der Waals surface area contributed by atoms with Crippen LogP contribution in [-0.4, -0.2) is 30.0 Å². The number of nitrogens with zero attached hydrogens (tertiary/aromatic N) is 1. The molecule has 0 atom stereocenters. The summed E-state index contributed by atoms with van der Waals surface area (Å²) in [5.41, 5.74) is 2.38. The highest BCUT2D eigenvalue weighted by Gasteiger charge is 2.10. The van der Waals surface area contributed by atoms with Crippen molar-refractivity contribution in [3.63, 3.8) is 0 Å². The van der Waals surface area contributed by atoms with E-state index in [2.05, 4.69) is 5.32 Å². The summed E-state index contributed by atoms with van der Waals surface area (Å²) in [6.45, 7) is 2.05. The molecule has 0 saturated heterocycles. The van der Waals surface area contributed by atoms with E-state index in [9.17, 15) is 9.59 Å². The molecular weight excluding hydrogens is 308 g/mol. The Bertz CT molecular complexity index is 681. The SMILES string of the molecule is CSc1ccc(CN(C)C(=O)Nc2ccc(C(C)=O)cc2)cc1. The topological polar surface area (TPSA) is 49.4 Å². The molecule has 0 aliphatic heterocycles. The fraction of sp³-hybridized carbons (Fsp3) is 0.222. The van der Waals surface area contributed by atoms with Crippen LogP contribution in [0.15, 0.2) is 53.4 Å². The number of benzene rings is 2. The minimum absolute atomic E-state index is 0.00804. The number of urea groups is 1. The molecule has 1 N–H and O–H groups in total. The zero-order valence-electron chi connectivity index (χ0n) is 13.5. The van der Waals surface area contributed by atoms with E-state index in [1.807, 2.05) is 30.5 Å². The van der Waals surface area contributed by atoms with Gasteiger partial charge in [-0.2, -0.15) is 0 Å². The Morgan fingerprint density at radius 1 is 1.04 bits per heavy atom. The van der Waals surface area contributed by atoms with Crippen LogP contribution in [-0.2, 0) is 6.54 Å². The first-order valence-corrected chi connectivity index (χ1v) is 8.48. The number of anilines is 1. The average Bonchev–Trinajstić information content (AvgIpc) is 2.56. The largest absolute Gasteiger partial charge is 0.323 e. The predicted molar refractivity (Wildman–Crippen MR) is 95.2 cm³/mol. The second-order valence-electron chi connectivity index (χ2n) is 5.27. The van der Waals surface area contributed by atoms with Crippen LogP contribution < -0.4 is 5.32 Å². The van der Waals surface area contributed by atoms with Gasteiger partial charge in [0, 0.05) is 29.7 Å². The lowest BCUT2D eigenvalue weighted by Crippen LogP contribution is -2.30. The third-order valence-corrected chi connectivity index (χ3v) is 4.21.